The van der Waals surface area contributed by atoms with Crippen molar-refractivity contribution in [2.24, 2.45) is 5.41 Å². The molecule has 2 atom stereocenters. The molecule has 2 heterocycles. The summed E-state index contributed by atoms with van der Waals surface area (Å²) in [6.07, 6.45) is 6.22. The molecule has 11 nitrogen and oxygen atoms in total. The van der Waals surface area contributed by atoms with Crippen molar-refractivity contribution < 1.29 is 14.7 Å². The zero-order chi connectivity index (χ0) is 29.2. The topological polar surface area (TPSA) is 161 Å². The van der Waals surface area contributed by atoms with Crippen molar-refractivity contribution in [1.29, 1.82) is 0 Å². The number of aromatic nitrogens is 5. The molecule has 0 aliphatic rings. The van der Waals surface area contributed by atoms with Crippen LogP contribution in [-0.2, 0) is 22.4 Å². The number of rotatable bonds is 15. The van der Waals surface area contributed by atoms with E-state index in [0.29, 0.717) is 38.2 Å². The number of hydrogen-bond acceptors (Lipinski definition) is 7. The number of fused-ring (bicyclic) bond motifs is 1. The molecule has 0 radical (unpaired) electrons. The number of anilines is 1. The summed E-state index contributed by atoms with van der Waals surface area (Å²) >= 11 is 0. The van der Waals surface area contributed by atoms with Gasteiger partial charge in [0.1, 0.15) is 11.8 Å². The summed E-state index contributed by atoms with van der Waals surface area (Å²) in [5.41, 5.74) is 2.21. The Bertz CT molecular complexity index is 1430. The molecule has 11 heteroatoms. The summed E-state index contributed by atoms with van der Waals surface area (Å²) in [6.45, 7) is 8.12. The van der Waals surface area contributed by atoms with Gasteiger partial charge in [0.15, 0.2) is 0 Å². The lowest BCUT2D eigenvalue weighted by Crippen LogP contribution is -2.55. The Morgan fingerprint density at radius 1 is 1.07 bits per heavy atom. The number of aromatic hydroxyl groups is 1. The molecule has 0 bridgehead atoms. The average Bonchev–Trinajstić information content (AvgIpc) is 3.66. The summed E-state index contributed by atoms with van der Waals surface area (Å²) in [6, 6.07) is 13.4. The van der Waals surface area contributed by atoms with Gasteiger partial charge in [0, 0.05) is 30.1 Å². The van der Waals surface area contributed by atoms with Gasteiger partial charge in [-0.05, 0) is 60.2 Å². The Hall–Kier alpha value is -4.67. The molecule has 0 aliphatic heterocycles. The van der Waals surface area contributed by atoms with Crippen molar-refractivity contribution in [2.75, 3.05) is 11.9 Å². The highest BCUT2D eigenvalue weighted by molar-refractivity contribution is 5.90. The summed E-state index contributed by atoms with van der Waals surface area (Å²) in [5.74, 6) is -0.0466. The molecule has 0 aliphatic carbocycles. The maximum absolute atomic E-state index is 13.9. The van der Waals surface area contributed by atoms with Gasteiger partial charge >= 0.3 is 0 Å². The van der Waals surface area contributed by atoms with E-state index in [1.807, 2.05) is 44.3 Å². The normalized spacial score (nSPS) is 12.9. The third-order valence-electron chi connectivity index (χ3n) is 7.71. The first-order valence-electron chi connectivity index (χ1n) is 13.9. The maximum Gasteiger partial charge on any atom is 0.263 e. The van der Waals surface area contributed by atoms with Crippen LogP contribution in [0.2, 0.25) is 0 Å². The van der Waals surface area contributed by atoms with Crippen LogP contribution in [0.5, 0.6) is 5.75 Å². The van der Waals surface area contributed by atoms with Crippen LogP contribution in [0.15, 0.2) is 67.4 Å². The minimum atomic E-state index is -0.843. The number of para-hydroxylation sites is 1. The SMILES string of the molecule is C=CCC(CC)(CC)C(=O)N[C@@H](Cc1ccc(O)cc1)C(=O)N[C@H](CNc1nn[nH]n1)Cc1c[nH]c2ccccc12. The van der Waals surface area contributed by atoms with Gasteiger partial charge in [-0.1, -0.05) is 55.4 Å². The standard InChI is InChI=1S/C30H38N8O3/c1-4-15-30(5-2,6-3)28(41)34-26(16-20-11-13-23(39)14-12-20)27(40)33-22(19-32-29-35-37-38-36-29)17-21-18-31-25-10-8-7-9-24(21)25/h4,7-14,18,22,26,31,39H,1,5-6,15-17,19H2,2-3H3,(H,33,40)(H,34,41)(H2,32,35,36,37,38)/t22-,26-/m0/s1. The van der Waals surface area contributed by atoms with Crippen LogP contribution in [-0.4, -0.2) is 61.2 Å². The van der Waals surface area contributed by atoms with Crippen molar-refractivity contribution >= 4 is 28.7 Å². The summed E-state index contributed by atoms with van der Waals surface area (Å²) in [4.78, 5) is 30.8. The highest BCUT2D eigenvalue weighted by Gasteiger charge is 2.36. The molecule has 41 heavy (non-hydrogen) atoms. The molecule has 2 aromatic carbocycles. The number of carbonyl (C=O) groups is 2. The molecule has 0 saturated heterocycles. The number of aromatic amines is 2. The zero-order valence-corrected chi connectivity index (χ0v) is 23.5. The number of allylic oxidation sites excluding steroid dienone is 1. The Morgan fingerprint density at radius 2 is 1.83 bits per heavy atom. The second kappa shape index (κ2) is 13.6. The Kier molecular flexibility index (Phi) is 9.73. The van der Waals surface area contributed by atoms with E-state index >= 15 is 0 Å². The average molecular weight is 559 g/mol. The van der Waals surface area contributed by atoms with Crippen LogP contribution < -0.4 is 16.0 Å². The quantitative estimate of drug-likeness (QED) is 0.121. The number of carbonyl (C=O) groups excluding carboxylic acids is 2. The fourth-order valence-electron chi connectivity index (χ4n) is 5.11. The van der Waals surface area contributed by atoms with Gasteiger partial charge < -0.3 is 26.0 Å². The monoisotopic (exact) mass is 558 g/mol. The number of nitrogens with zero attached hydrogens (tertiary/aromatic N) is 3. The van der Waals surface area contributed by atoms with Gasteiger partial charge in [-0.3, -0.25) is 9.59 Å². The number of nitrogens with one attached hydrogen (secondary N) is 5. The van der Waals surface area contributed by atoms with Crippen LogP contribution in [0.4, 0.5) is 5.95 Å². The number of H-pyrrole nitrogens is 2. The number of phenolic OH excluding ortho intramolecular Hbond substituents is 1. The smallest absolute Gasteiger partial charge is 0.263 e. The molecule has 0 unspecified atom stereocenters. The number of hydrogen-bond donors (Lipinski definition) is 6. The summed E-state index contributed by atoms with van der Waals surface area (Å²) < 4.78 is 0. The molecule has 0 fully saturated rings. The highest BCUT2D eigenvalue weighted by Crippen LogP contribution is 2.31. The number of benzene rings is 2. The van der Waals surface area contributed by atoms with E-state index in [9.17, 15) is 14.7 Å². The van der Waals surface area contributed by atoms with E-state index in [1.54, 1.807) is 30.3 Å². The maximum atomic E-state index is 13.9. The fraction of sp³-hybridized carbons (Fsp3) is 0.367. The molecule has 4 rings (SSSR count). The minimum absolute atomic E-state index is 0.132. The Morgan fingerprint density at radius 3 is 2.51 bits per heavy atom. The predicted octanol–water partition coefficient (Wildman–Crippen LogP) is 3.64. The van der Waals surface area contributed by atoms with E-state index in [2.05, 4.69) is 48.1 Å². The molecule has 216 valence electrons. The molecule has 0 spiro atoms. The van der Waals surface area contributed by atoms with Gasteiger partial charge in [0.2, 0.25) is 11.8 Å². The highest BCUT2D eigenvalue weighted by atomic mass is 16.3. The zero-order valence-electron chi connectivity index (χ0n) is 23.5. The Labute approximate surface area is 239 Å². The molecule has 0 saturated carbocycles. The van der Waals surface area contributed by atoms with Crippen molar-refractivity contribution in [1.82, 2.24) is 36.2 Å². The van der Waals surface area contributed by atoms with E-state index in [-0.39, 0.29) is 30.0 Å². The first-order chi connectivity index (χ1) is 19.9. The van der Waals surface area contributed by atoms with Crippen molar-refractivity contribution in [3.8, 4) is 5.75 Å². The lowest BCUT2D eigenvalue weighted by Gasteiger charge is -2.32. The van der Waals surface area contributed by atoms with E-state index < -0.39 is 11.5 Å². The van der Waals surface area contributed by atoms with Crippen LogP contribution in [0, 0.1) is 5.41 Å². The molecule has 6 N–H and O–H groups in total. The first kappa shape index (κ1) is 29.3. The van der Waals surface area contributed by atoms with Crippen molar-refractivity contribution in [2.45, 2.75) is 58.0 Å². The third kappa shape index (κ3) is 7.30. The Balaban J connectivity index is 1.58. The van der Waals surface area contributed by atoms with Crippen LogP contribution in [0.25, 0.3) is 10.9 Å². The molecule has 2 aromatic heterocycles. The molecular formula is C30H38N8O3. The fourth-order valence-corrected chi connectivity index (χ4v) is 5.11. The predicted molar refractivity (Wildman–Crippen MR) is 158 cm³/mol. The third-order valence-corrected chi connectivity index (χ3v) is 7.71. The lowest BCUT2D eigenvalue weighted by atomic mass is 9.78. The van der Waals surface area contributed by atoms with Gasteiger partial charge in [-0.15, -0.1) is 11.7 Å². The molecule has 4 aromatic rings. The number of tetrazole rings is 1. The van der Waals surface area contributed by atoms with E-state index in [4.69, 9.17) is 0 Å². The van der Waals surface area contributed by atoms with Crippen molar-refractivity contribution in [3.63, 3.8) is 0 Å². The summed E-state index contributed by atoms with van der Waals surface area (Å²) in [7, 11) is 0. The minimum Gasteiger partial charge on any atom is -0.508 e. The second-order valence-electron chi connectivity index (χ2n) is 10.3. The number of phenols is 1. The van der Waals surface area contributed by atoms with Gasteiger partial charge in [0.25, 0.3) is 5.95 Å². The first-order valence-corrected chi connectivity index (χ1v) is 13.9. The van der Waals surface area contributed by atoms with Crippen LogP contribution >= 0.6 is 0 Å². The van der Waals surface area contributed by atoms with Crippen molar-refractivity contribution in [3.05, 3.63) is 78.5 Å². The van der Waals surface area contributed by atoms with E-state index in [0.717, 1.165) is 22.0 Å². The lowest BCUT2D eigenvalue weighted by molar-refractivity contribution is -0.135. The van der Waals surface area contributed by atoms with Crippen LogP contribution in [0.3, 0.4) is 0 Å². The van der Waals surface area contributed by atoms with Crippen LogP contribution in [0.1, 0.15) is 44.2 Å². The largest absolute Gasteiger partial charge is 0.508 e. The second-order valence-corrected chi connectivity index (χ2v) is 10.3. The van der Waals surface area contributed by atoms with E-state index in [1.165, 1.54) is 0 Å². The van der Waals surface area contributed by atoms with Gasteiger partial charge in [-0.2, -0.15) is 5.21 Å². The molecular weight excluding hydrogens is 520 g/mol. The summed E-state index contributed by atoms with van der Waals surface area (Å²) in [5, 5.41) is 34.0. The van der Waals surface area contributed by atoms with Gasteiger partial charge in [-0.25, -0.2) is 0 Å². The number of amides is 2. The molecule has 2 amide bonds. The van der Waals surface area contributed by atoms with Gasteiger partial charge in [0.05, 0.1) is 11.5 Å².